The second kappa shape index (κ2) is 4.80. The molecule has 3 nitrogen and oxygen atoms in total. The fourth-order valence-corrected chi connectivity index (χ4v) is 3.22. The van der Waals surface area contributed by atoms with E-state index in [2.05, 4.69) is 23.7 Å². The number of fused-ring (bicyclic) bond motifs is 1. The summed E-state index contributed by atoms with van der Waals surface area (Å²) in [5, 5.41) is 4.39. The molecule has 1 saturated heterocycles. The Kier molecular flexibility index (Phi) is 3.27. The highest BCUT2D eigenvalue weighted by atomic mass is 35.5. The van der Waals surface area contributed by atoms with Crippen molar-refractivity contribution in [1.82, 2.24) is 14.9 Å². The van der Waals surface area contributed by atoms with Crippen LogP contribution in [0.5, 0.6) is 0 Å². The molecule has 3 rings (SSSR count). The van der Waals surface area contributed by atoms with E-state index < -0.39 is 0 Å². The fourth-order valence-electron chi connectivity index (χ4n) is 3.05. The molecule has 0 saturated carbocycles. The number of hydrogen-bond acceptors (Lipinski definition) is 2. The van der Waals surface area contributed by atoms with Gasteiger partial charge in [0.2, 0.25) is 0 Å². The molecule has 2 heterocycles. The van der Waals surface area contributed by atoms with Crippen LogP contribution in [0.2, 0.25) is 5.02 Å². The lowest BCUT2D eigenvalue weighted by Gasteiger charge is -2.25. The van der Waals surface area contributed by atoms with Gasteiger partial charge in [0.15, 0.2) is 0 Å². The van der Waals surface area contributed by atoms with Crippen LogP contribution in [0.25, 0.3) is 11.0 Å². The molecular weight excluding hydrogens is 258 g/mol. The Morgan fingerprint density at radius 2 is 2.32 bits per heavy atom. The van der Waals surface area contributed by atoms with E-state index in [1.807, 2.05) is 18.2 Å². The summed E-state index contributed by atoms with van der Waals surface area (Å²) in [6.45, 7) is 6.52. The molecule has 0 spiro atoms. The molecule has 0 radical (unpaired) electrons. The van der Waals surface area contributed by atoms with Gasteiger partial charge in [0.05, 0.1) is 16.6 Å². The van der Waals surface area contributed by atoms with Gasteiger partial charge in [0.25, 0.3) is 0 Å². The molecule has 2 aromatic rings. The van der Waals surface area contributed by atoms with Crippen LogP contribution < -0.4 is 5.32 Å². The molecule has 0 aliphatic carbocycles. The number of benzene rings is 1. The standard InChI is InChI=1S/C15H20ClN3/c1-3-9-19-13-10-11(16)5-6-12(13)18-14(19)15(2)7-4-8-17-15/h5-6,10,17H,3-4,7-9H2,1-2H3. The lowest BCUT2D eigenvalue weighted by atomic mass is 9.99. The molecule has 1 fully saturated rings. The minimum atomic E-state index is 0.000661. The van der Waals surface area contributed by atoms with Crippen LogP contribution in [0, 0.1) is 0 Å². The van der Waals surface area contributed by atoms with E-state index in [0.29, 0.717) is 0 Å². The van der Waals surface area contributed by atoms with E-state index in [1.165, 1.54) is 6.42 Å². The number of imidazole rings is 1. The van der Waals surface area contributed by atoms with Gasteiger partial charge in [-0.05, 0) is 50.9 Å². The van der Waals surface area contributed by atoms with Crippen LogP contribution in [0.1, 0.15) is 38.9 Å². The first-order valence-electron chi connectivity index (χ1n) is 7.05. The quantitative estimate of drug-likeness (QED) is 0.927. The van der Waals surface area contributed by atoms with Crippen LogP contribution in [0.3, 0.4) is 0 Å². The van der Waals surface area contributed by atoms with Crippen molar-refractivity contribution in [3.8, 4) is 0 Å². The first-order chi connectivity index (χ1) is 9.14. The second-order valence-corrected chi connectivity index (χ2v) is 6.02. The summed E-state index contributed by atoms with van der Waals surface area (Å²) in [5.74, 6) is 1.16. The first-order valence-corrected chi connectivity index (χ1v) is 7.43. The van der Waals surface area contributed by atoms with Crippen LogP contribution in [0.15, 0.2) is 18.2 Å². The third-order valence-electron chi connectivity index (χ3n) is 4.02. The van der Waals surface area contributed by atoms with Crippen LogP contribution >= 0.6 is 11.6 Å². The molecule has 1 aromatic carbocycles. The topological polar surface area (TPSA) is 29.9 Å². The zero-order chi connectivity index (χ0) is 13.5. The summed E-state index contributed by atoms with van der Waals surface area (Å²) in [5.41, 5.74) is 2.20. The van der Waals surface area contributed by atoms with Gasteiger partial charge >= 0.3 is 0 Å². The summed E-state index contributed by atoms with van der Waals surface area (Å²) in [4.78, 5) is 4.87. The average molecular weight is 278 g/mol. The monoisotopic (exact) mass is 277 g/mol. The highest BCUT2D eigenvalue weighted by Crippen LogP contribution is 2.33. The Morgan fingerprint density at radius 1 is 1.47 bits per heavy atom. The normalized spacial score (nSPS) is 23.3. The maximum Gasteiger partial charge on any atom is 0.129 e. The maximum absolute atomic E-state index is 6.14. The molecule has 19 heavy (non-hydrogen) atoms. The molecule has 1 unspecified atom stereocenters. The van der Waals surface area contributed by atoms with E-state index >= 15 is 0 Å². The number of halogens is 1. The molecule has 1 N–H and O–H groups in total. The third-order valence-corrected chi connectivity index (χ3v) is 4.25. The van der Waals surface area contributed by atoms with Crippen molar-refractivity contribution in [1.29, 1.82) is 0 Å². The van der Waals surface area contributed by atoms with Crippen molar-refractivity contribution in [3.63, 3.8) is 0 Å². The van der Waals surface area contributed by atoms with Crippen molar-refractivity contribution in [2.24, 2.45) is 0 Å². The number of nitrogens with one attached hydrogen (secondary N) is 1. The van der Waals surface area contributed by atoms with Gasteiger partial charge in [0.1, 0.15) is 5.82 Å². The van der Waals surface area contributed by atoms with Crippen molar-refractivity contribution in [2.45, 2.75) is 45.2 Å². The Labute approximate surface area is 119 Å². The van der Waals surface area contributed by atoms with E-state index in [0.717, 1.165) is 47.8 Å². The number of nitrogens with zero attached hydrogens (tertiary/aromatic N) is 2. The first kappa shape index (κ1) is 12.9. The maximum atomic E-state index is 6.14. The van der Waals surface area contributed by atoms with Crippen molar-refractivity contribution >= 4 is 22.6 Å². The second-order valence-electron chi connectivity index (χ2n) is 5.58. The van der Waals surface area contributed by atoms with Gasteiger partial charge in [-0.1, -0.05) is 18.5 Å². The van der Waals surface area contributed by atoms with E-state index in [-0.39, 0.29) is 5.54 Å². The summed E-state index contributed by atoms with van der Waals surface area (Å²) in [7, 11) is 0. The number of hydrogen-bond donors (Lipinski definition) is 1. The number of rotatable bonds is 3. The Morgan fingerprint density at radius 3 is 3.00 bits per heavy atom. The summed E-state index contributed by atoms with van der Waals surface area (Å²) >= 11 is 6.14. The van der Waals surface area contributed by atoms with E-state index in [4.69, 9.17) is 16.6 Å². The number of aryl methyl sites for hydroxylation is 1. The lowest BCUT2D eigenvalue weighted by Crippen LogP contribution is -2.36. The largest absolute Gasteiger partial charge is 0.326 e. The van der Waals surface area contributed by atoms with Gasteiger partial charge in [-0.3, -0.25) is 0 Å². The number of aromatic nitrogens is 2. The van der Waals surface area contributed by atoms with E-state index in [9.17, 15) is 0 Å². The van der Waals surface area contributed by atoms with Gasteiger partial charge in [-0.2, -0.15) is 0 Å². The average Bonchev–Trinajstić information content (AvgIpc) is 2.96. The van der Waals surface area contributed by atoms with Gasteiger partial charge in [0, 0.05) is 11.6 Å². The minimum absolute atomic E-state index is 0.000661. The SMILES string of the molecule is CCCn1c(C2(C)CCCN2)nc2ccc(Cl)cc21. The van der Waals surface area contributed by atoms with Crippen LogP contribution in [-0.2, 0) is 12.1 Å². The Hall–Kier alpha value is -1.06. The smallest absolute Gasteiger partial charge is 0.129 e. The van der Waals surface area contributed by atoms with Crippen LogP contribution in [-0.4, -0.2) is 16.1 Å². The van der Waals surface area contributed by atoms with Gasteiger partial charge in [-0.25, -0.2) is 4.98 Å². The molecule has 1 atom stereocenters. The fraction of sp³-hybridized carbons (Fsp3) is 0.533. The highest BCUT2D eigenvalue weighted by Gasteiger charge is 2.35. The zero-order valence-electron chi connectivity index (χ0n) is 11.5. The predicted octanol–water partition coefficient (Wildman–Crippen LogP) is 3.70. The molecule has 0 bridgehead atoms. The third kappa shape index (κ3) is 2.15. The van der Waals surface area contributed by atoms with E-state index in [1.54, 1.807) is 0 Å². The highest BCUT2D eigenvalue weighted by molar-refractivity contribution is 6.31. The molecule has 1 aromatic heterocycles. The Bertz CT molecular complexity index is 597. The summed E-state index contributed by atoms with van der Waals surface area (Å²) in [6, 6.07) is 5.97. The molecule has 1 aliphatic heterocycles. The summed E-state index contributed by atoms with van der Waals surface area (Å²) < 4.78 is 2.33. The molecule has 4 heteroatoms. The van der Waals surface area contributed by atoms with Crippen molar-refractivity contribution in [2.75, 3.05) is 6.54 Å². The van der Waals surface area contributed by atoms with Gasteiger partial charge in [-0.15, -0.1) is 0 Å². The Balaban J connectivity index is 2.20. The minimum Gasteiger partial charge on any atom is -0.326 e. The van der Waals surface area contributed by atoms with Gasteiger partial charge < -0.3 is 9.88 Å². The van der Waals surface area contributed by atoms with Crippen LogP contribution in [0.4, 0.5) is 0 Å². The molecule has 0 amide bonds. The molecule has 1 aliphatic rings. The zero-order valence-corrected chi connectivity index (χ0v) is 12.3. The van der Waals surface area contributed by atoms with Crippen molar-refractivity contribution < 1.29 is 0 Å². The molecule has 102 valence electrons. The predicted molar refractivity (Wildman–Crippen MR) is 79.6 cm³/mol. The lowest BCUT2D eigenvalue weighted by molar-refractivity contribution is 0.388. The summed E-state index contributed by atoms with van der Waals surface area (Å²) in [6.07, 6.45) is 3.46. The molecular formula is C15H20ClN3. The van der Waals surface area contributed by atoms with Crippen molar-refractivity contribution in [3.05, 3.63) is 29.0 Å².